The van der Waals surface area contributed by atoms with Crippen molar-refractivity contribution in [2.24, 2.45) is 11.8 Å². The van der Waals surface area contributed by atoms with Crippen molar-refractivity contribution in [2.75, 3.05) is 20.1 Å². The first-order valence-electron chi connectivity index (χ1n) is 5.42. The molecular weight excluding hydrogens is 146 g/mol. The fraction of sp³-hybridized carbons (Fsp3) is 1.00. The second-order valence-electron chi connectivity index (χ2n) is 4.41. The van der Waals surface area contributed by atoms with Gasteiger partial charge in [-0.2, -0.15) is 0 Å². The van der Waals surface area contributed by atoms with Gasteiger partial charge in [-0.05, 0) is 44.8 Å². The zero-order valence-electron chi connectivity index (χ0n) is 8.84. The molecule has 12 heavy (non-hydrogen) atoms. The summed E-state index contributed by atoms with van der Waals surface area (Å²) in [7, 11) is 2.24. The number of rotatable bonds is 3. The highest BCUT2D eigenvalue weighted by atomic mass is 15.1. The van der Waals surface area contributed by atoms with Gasteiger partial charge < -0.3 is 4.90 Å². The Labute approximate surface area is 77.1 Å². The smallest absolute Gasteiger partial charge is 0.00190 e. The van der Waals surface area contributed by atoms with Gasteiger partial charge in [0.05, 0.1) is 0 Å². The van der Waals surface area contributed by atoms with Crippen molar-refractivity contribution in [3.8, 4) is 0 Å². The van der Waals surface area contributed by atoms with Crippen LogP contribution in [0.5, 0.6) is 0 Å². The maximum atomic E-state index is 2.45. The van der Waals surface area contributed by atoms with Crippen molar-refractivity contribution in [3.05, 3.63) is 0 Å². The fourth-order valence-corrected chi connectivity index (χ4v) is 2.29. The van der Waals surface area contributed by atoms with Crippen molar-refractivity contribution in [3.63, 3.8) is 0 Å². The lowest BCUT2D eigenvalue weighted by molar-refractivity contribution is 0.172. The number of hydrogen-bond acceptors (Lipinski definition) is 1. The molecule has 1 nitrogen and oxygen atoms in total. The zero-order chi connectivity index (χ0) is 8.97. The molecular formula is C11H23N. The topological polar surface area (TPSA) is 3.24 Å². The molecule has 1 unspecified atom stereocenters. The molecule has 1 saturated heterocycles. The molecule has 1 fully saturated rings. The largest absolute Gasteiger partial charge is 0.306 e. The highest BCUT2D eigenvalue weighted by Gasteiger charge is 2.21. The number of piperidine rings is 1. The van der Waals surface area contributed by atoms with Crippen LogP contribution in [-0.4, -0.2) is 25.0 Å². The highest BCUT2D eigenvalue weighted by molar-refractivity contribution is 4.73. The van der Waals surface area contributed by atoms with Crippen molar-refractivity contribution in [1.82, 2.24) is 4.90 Å². The van der Waals surface area contributed by atoms with Crippen LogP contribution in [0, 0.1) is 11.8 Å². The normalized spacial score (nSPS) is 24.2. The predicted molar refractivity (Wildman–Crippen MR) is 54.3 cm³/mol. The third-order valence-electron chi connectivity index (χ3n) is 3.31. The maximum Gasteiger partial charge on any atom is -0.00190 e. The van der Waals surface area contributed by atoms with Gasteiger partial charge in [-0.3, -0.25) is 0 Å². The second-order valence-corrected chi connectivity index (χ2v) is 4.41. The van der Waals surface area contributed by atoms with E-state index in [1.54, 1.807) is 0 Å². The van der Waals surface area contributed by atoms with Gasteiger partial charge in [0.1, 0.15) is 0 Å². The molecule has 0 saturated carbocycles. The van der Waals surface area contributed by atoms with E-state index in [0.717, 1.165) is 11.8 Å². The number of likely N-dealkylation sites (tertiary alicyclic amines) is 1. The van der Waals surface area contributed by atoms with Crippen molar-refractivity contribution in [1.29, 1.82) is 0 Å². The van der Waals surface area contributed by atoms with Crippen molar-refractivity contribution < 1.29 is 0 Å². The molecule has 72 valence electrons. The van der Waals surface area contributed by atoms with Crippen LogP contribution in [0.3, 0.4) is 0 Å². The lowest BCUT2D eigenvalue weighted by atomic mass is 9.83. The van der Waals surface area contributed by atoms with Gasteiger partial charge in [0, 0.05) is 0 Å². The SMILES string of the molecule is CCCC(C)C1CCN(C)CC1. The molecule has 0 bridgehead atoms. The molecule has 1 atom stereocenters. The third kappa shape index (κ3) is 2.78. The molecule has 0 aromatic carbocycles. The summed E-state index contributed by atoms with van der Waals surface area (Å²) >= 11 is 0. The molecule has 1 heterocycles. The molecule has 1 rings (SSSR count). The lowest BCUT2D eigenvalue weighted by Crippen LogP contribution is -2.32. The number of nitrogens with zero attached hydrogens (tertiary/aromatic N) is 1. The van der Waals surface area contributed by atoms with Crippen LogP contribution < -0.4 is 0 Å². The molecule has 0 spiro atoms. The molecule has 0 aromatic heterocycles. The molecule has 1 heteroatoms. The van der Waals surface area contributed by atoms with Gasteiger partial charge in [0.15, 0.2) is 0 Å². The first-order chi connectivity index (χ1) is 5.74. The van der Waals surface area contributed by atoms with Crippen molar-refractivity contribution >= 4 is 0 Å². The van der Waals surface area contributed by atoms with E-state index in [4.69, 9.17) is 0 Å². The summed E-state index contributed by atoms with van der Waals surface area (Å²) in [6.45, 7) is 7.36. The van der Waals surface area contributed by atoms with E-state index in [9.17, 15) is 0 Å². The Bertz CT molecular complexity index is 114. The molecule has 0 aliphatic carbocycles. The highest BCUT2D eigenvalue weighted by Crippen LogP contribution is 2.26. The Balaban J connectivity index is 2.24. The van der Waals surface area contributed by atoms with E-state index < -0.39 is 0 Å². The monoisotopic (exact) mass is 169 g/mol. The Kier molecular flexibility index (Phi) is 4.07. The van der Waals surface area contributed by atoms with Crippen LogP contribution >= 0.6 is 0 Å². The lowest BCUT2D eigenvalue weighted by Gasteiger charge is -2.32. The van der Waals surface area contributed by atoms with Crippen molar-refractivity contribution in [2.45, 2.75) is 39.5 Å². The Morgan fingerprint density at radius 3 is 2.42 bits per heavy atom. The van der Waals surface area contributed by atoms with Gasteiger partial charge in [-0.15, -0.1) is 0 Å². The Morgan fingerprint density at radius 2 is 1.92 bits per heavy atom. The summed E-state index contributed by atoms with van der Waals surface area (Å²) in [6.07, 6.45) is 5.64. The summed E-state index contributed by atoms with van der Waals surface area (Å²) in [5.41, 5.74) is 0. The second kappa shape index (κ2) is 4.86. The van der Waals surface area contributed by atoms with Crippen LogP contribution in [0.25, 0.3) is 0 Å². The van der Waals surface area contributed by atoms with Gasteiger partial charge >= 0.3 is 0 Å². The maximum absolute atomic E-state index is 2.45. The summed E-state index contributed by atoms with van der Waals surface area (Å²) in [5, 5.41) is 0. The molecule has 0 amide bonds. The van der Waals surface area contributed by atoms with E-state index in [1.165, 1.54) is 38.8 Å². The fourth-order valence-electron chi connectivity index (χ4n) is 2.29. The molecule has 0 N–H and O–H groups in total. The Morgan fingerprint density at radius 1 is 1.33 bits per heavy atom. The van der Waals surface area contributed by atoms with E-state index in [0.29, 0.717) is 0 Å². The van der Waals surface area contributed by atoms with Crippen LogP contribution in [-0.2, 0) is 0 Å². The molecule has 0 radical (unpaired) electrons. The minimum Gasteiger partial charge on any atom is -0.306 e. The summed E-state index contributed by atoms with van der Waals surface area (Å²) in [5.74, 6) is 1.98. The number of hydrogen-bond donors (Lipinski definition) is 0. The van der Waals surface area contributed by atoms with Gasteiger partial charge in [0.25, 0.3) is 0 Å². The molecule has 1 aliphatic heterocycles. The van der Waals surface area contributed by atoms with Gasteiger partial charge in [-0.25, -0.2) is 0 Å². The first kappa shape index (κ1) is 10.0. The summed E-state index contributed by atoms with van der Waals surface area (Å²) in [4.78, 5) is 2.45. The van der Waals surface area contributed by atoms with Crippen LogP contribution in [0.15, 0.2) is 0 Å². The molecule has 1 aliphatic rings. The predicted octanol–water partition coefficient (Wildman–Crippen LogP) is 2.76. The standard InChI is InChI=1S/C11H23N/c1-4-5-10(2)11-6-8-12(3)9-7-11/h10-11H,4-9H2,1-3H3. The van der Waals surface area contributed by atoms with Crippen LogP contribution in [0.2, 0.25) is 0 Å². The summed E-state index contributed by atoms with van der Waals surface area (Å²) < 4.78 is 0. The minimum atomic E-state index is 0.962. The van der Waals surface area contributed by atoms with Gasteiger partial charge in [0.2, 0.25) is 0 Å². The van der Waals surface area contributed by atoms with Crippen LogP contribution in [0.1, 0.15) is 39.5 Å². The van der Waals surface area contributed by atoms with E-state index in [2.05, 4.69) is 25.8 Å². The Hall–Kier alpha value is -0.0400. The van der Waals surface area contributed by atoms with Gasteiger partial charge in [-0.1, -0.05) is 26.7 Å². The first-order valence-corrected chi connectivity index (χ1v) is 5.42. The zero-order valence-corrected chi connectivity index (χ0v) is 8.84. The van der Waals surface area contributed by atoms with E-state index >= 15 is 0 Å². The minimum absolute atomic E-state index is 0.962. The third-order valence-corrected chi connectivity index (χ3v) is 3.31. The quantitative estimate of drug-likeness (QED) is 0.628. The van der Waals surface area contributed by atoms with E-state index in [1.807, 2.05) is 0 Å². The van der Waals surface area contributed by atoms with E-state index in [-0.39, 0.29) is 0 Å². The average Bonchev–Trinajstić information content (AvgIpc) is 2.06. The van der Waals surface area contributed by atoms with Crippen LogP contribution in [0.4, 0.5) is 0 Å². The molecule has 0 aromatic rings. The summed E-state index contributed by atoms with van der Waals surface area (Å²) in [6, 6.07) is 0. The average molecular weight is 169 g/mol.